The lowest BCUT2D eigenvalue weighted by Crippen LogP contribution is -2.48. The first-order valence-corrected chi connectivity index (χ1v) is 10.5. The number of halogens is 4. The SMILES string of the molecule is O=S(=O)(c1cc(C(F)(F)F)ccc1Cl)N1CCN(Cc2cccs2)CC1. The van der Waals surface area contributed by atoms with Gasteiger partial charge in [-0.15, -0.1) is 11.3 Å². The fraction of sp³-hybridized carbons (Fsp3) is 0.375. The van der Waals surface area contributed by atoms with Crippen molar-refractivity contribution in [2.24, 2.45) is 0 Å². The molecule has 2 aromatic rings. The van der Waals surface area contributed by atoms with Gasteiger partial charge in [-0.05, 0) is 29.6 Å². The molecule has 1 aromatic carbocycles. The molecule has 142 valence electrons. The lowest BCUT2D eigenvalue weighted by Gasteiger charge is -2.33. The van der Waals surface area contributed by atoms with Gasteiger partial charge in [0.1, 0.15) is 4.90 Å². The first kappa shape index (κ1) is 19.6. The van der Waals surface area contributed by atoms with Gasteiger partial charge < -0.3 is 0 Å². The molecule has 0 saturated carbocycles. The van der Waals surface area contributed by atoms with Crippen molar-refractivity contribution in [2.75, 3.05) is 26.2 Å². The molecule has 1 aromatic heterocycles. The van der Waals surface area contributed by atoms with E-state index in [1.54, 1.807) is 11.3 Å². The monoisotopic (exact) mass is 424 g/mol. The molecule has 2 heterocycles. The Balaban J connectivity index is 1.75. The van der Waals surface area contributed by atoms with Crippen molar-refractivity contribution in [3.8, 4) is 0 Å². The minimum atomic E-state index is -4.63. The predicted molar refractivity (Wildman–Crippen MR) is 94.8 cm³/mol. The van der Waals surface area contributed by atoms with Gasteiger partial charge in [0.15, 0.2) is 0 Å². The lowest BCUT2D eigenvalue weighted by molar-refractivity contribution is -0.137. The number of alkyl halides is 3. The average Bonchev–Trinajstić information content (AvgIpc) is 3.07. The van der Waals surface area contributed by atoms with Crippen LogP contribution in [0.3, 0.4) is 0 Å². The number of nitrogens with zero attached hydrogens (tertiary/aromatic N) is 2. The van der Waals surface area contributed by atoms with Gasteiger partial charge in [-0.25, -0.2) is 8.42 Å². The molecule has 0 unspecified atom stereocenters. The molecule has 0 radical (unpaired) electrons. The number of hydrogen-bond donors (Lipinski definition) is 0. The maximum atomic E-state index is 12.9. The van der Waals surface area contributed by atoms with Crippen molar-refractivity contribution in [3.05, 3.63) is 51.2 Å². The number of sulfonamides is 1. The zero-order valence-electron chi connectivity index (χ0n) is 13.5. The highest BCUT2D eigenvalue weighted by molar-refractivity contribution is 7.89. The maximum absolute atomic E-state index is 12.9. The lowest BCUT2D eigenvalue weighted by atomic mass is 10.2. The van der Waals surface area contributed by atoms with E-state index < -0.39 is 26.7 Å². The van der Waals surface area contributed by atoms with Gasteiger partial charge in [0.2, 0.25) is 10.0 Å². The Morgan fingerprint density at radius 3 is 2.38 bits per heavy atom. The molecule has 4 nitrogen and oxygen atoms in total. The van der Waals surface area contributed by atoms with Crippen LogP contribution in [0.4, 0.5) is 13.2 Å². The van der Waals surface area contributed by atoms with E-state index in [-0.39, 0.29) is 18.1 Å². The van der Waals surface area contributed by atoms with Crippen LogP contribution < -0.4 is 0 Å². The summed E-state index contributed by atoms with van der Waals surface area (Å²) in [6.45, 7) is 2.16. The summed E-state index contributed by atoms with van der Waals surface area (Å²) in [4.78, 5) is 2.80. The molecule has 26 heavy (non-hydrogen) atoms. The molecule has 0 amide bonds. The highest BCUT2D eigenvalue weighted by Gasteiger charge is 2.35. The minimum absolute atomic E-state index is 0.209. The molecule has 0 N–H and O–H groups in total. The third kappa shape index (κ3) is 4.23. The fourth-order valence-corrected chi connectivity index (χ4v) is 5.44. The Kier molecular flexibility index (Phi) is 5.64. The van der Waals surface area contributed by atoms with Crippen LogP contribution in [0, 0.1) is 0 Å². The Morgan fingerprint density at radius 2 is 1.81 bits per heavy atom. The first-order chi connectivity index (χ1) is 12.2. The van der Waals surface area contributed by atoms with E-state index in [9.17, 15) is 21.6 Å². The van der Waals surface area contributed by atoms with Gasteiger partial charge in [0, 0.05) is 37.6 Å². The Hall–Kier alpha value is -1.13. The molecule has 10 heteroatoms. The van der Waals surface area contributed by atoms with Crippen molar-refractivity contribution in [2.45, 2.75) is 17.6 Å². The van der Waals surface area contributed by atoms with Gasteiger partial charge in [-0.3, -0.25) is 4.90 Å². The van der Waals surface area contributed by atoms with E-state index in [1.807, 2.05) is 17.5 Å². The van der Waals surface area contributed by atoms with Crippen molar-refractivity contribution in [1.82, 2.24) is 9.21 Å². The van der Waals surface area contributed by atoms with Crippen LogP contribution in [-0.2, 0) is 22.7 Å². The largest absolute Gasteiger partial charge is 0.416 e. The van der Waals surface area contributed by atoms with Crippen molar-refractivity contribution in [1.29, 1.82) is 0 Å². The van der Waals surface area contributed by atoms with Crippen LogP contribution in [0.2, 0.25) is 5.02 Å². The molecule has 1 aliphatic rings. The van der Waals surface area contributed by atoms with E-state index in [0.717, 1.165) is 18.7 Å². The molecule has 0 atom stereocenters. The standard InChI is InChI=1S/C16H16ClF3N2O2S2/c17-14-4-3-12(16(18,19)20)10-15(14)26(23,24)22-7-5-21(6-8-22)11-13-2-1-9-25-13/h1-4,9-10H,5-8,11H2. The van der Waals surface area contributed by atoms with Gasteiger partial charge in [0.25, 0.3) is 0 Å². The Bertz CT molecular complexity index is 862. The molecule has 1 saturated heterocycles. The molecular weight excluding hydrogens is 409 g/mol. The highest BCUT2D eigenvalue weighted by atomic mass is 35.5. The van der Waals surface area contributed by atoms with Crippen LogP contribution >= 0.6 is 22.9 Å². The van der Waals surface area contributed by atoms with E-state index in [2.05, 4.69) is 4.90 Å². The van der Waals surface area contributed by atoms with Crippen molar-refractivity contribution in [3.63, 3.8) is 0 Å². The van der Waals surface area contributed by atoms with E-state index in [4.69, 9.17) is 11.6 Å². The fourth-order valence-electron chi connectivity index (χ4n) is 2.77. The number of rotatable bonds is 4. The minimum Gasteiger partial charge on any atom is -0.296 e. The summed E-state index contributed by atoms with van der Waals surface area (Å²) in [5, 5.41) is 1.77. The number of hydrogen-bond acceptors (Lipinski definition) is 4. The summed E-state index contributed by atoms with van der Waals surface area (Å²) in [5.74, 6) is 0. The average molecular weight is 425 g/mol. The Labute approximate surface area is 158 Å². The zero-order valence-corrected chi connectivity index (χ0v) is 15.9. The summed E-state index contributed by atoms with van der Waals surface area (Å²) >= 11 is 7.52. The summed E-state index contributed by atoms with van der Waals surface area (Å²) in [7, 11) is -4.08. The summed E-state index contributed by atoms with van der Waals surface area (Å²) < 4.78 is 65.4. The summed E-state index contributed by atoms with van der Waals surface area (Å²) in [6, 6.07) is 6.33. The van der Waals surface area contributed by atoms with Gasteiger partial charge in [0.05, 0.1) is 10.6 Å². The molecule has 3 rings (SSSR count). The van der Waals surface area contributed by atoms with Crippen molar-refractivity contribution >= 4 is 33.0 Å². The van der Waals surface area contributed by atoms with Crippen LogP contribution in [0.5, 0.6) is 0 Å². The second kappa shape index (κ2) is 7.47. The molecule has 1 aliphatic heterocycles. The Morgan fingerprint density at radius 1 is 1.12 bits per heavy atom. The number of piperazine rings is 1. The number of benzene rings is 1. The van der Waals surface area contributed by atoms with Crippen LogP contribution in [0.15, 0.2) is 40.6 Å². The molecule has 0 aliphatic carbocycles. The topological polar surface area (TPSA) is 40.6 Å². The molecule has 0 spiro atoms. The van der Waals surface area contributed by atoms with Crippen LogP contribution in [0.1, 0.15) is 10.4 Å². The first-order valence-electron chi connectivity index (χ1n) is 7.79. The predicted octanol–water partition coefficient (Wildman–Crippen LogP) is 3.93. The molecule has 1 fully saturated rings. The normalized spacial score (nSPS) is 17.5. The summed E-state index contributed by atoms with van der Waals surface area (Å²) in [6.07, 6.45) is -4.63. The van der Waals surface area contributed by atoms with Crippen molar-refractivity contribution < 1.29 is 21.6 Å². The third-order valence-electron chi connectivity index (χ3n) is 4.17. The smallest absolute Gasteiger partial charge is 0.296 e. The van der Waals surface area contributed by atoms with Gasteiger partial charge in [-0.1, -0.05) is 17.7 Å². The van der Waals surface area contributed by atoms with E-state index in [0.29, 0.717) is 19.2 Å². The second-order valence-corrected chi connectivity index (χ2v) is 9.25. The molecular formula is C16H16ClF3N2O2S2. The zero-order chi connectivity index (χ0) is 18.9. The second-order valence-electron chi connectivity index (χ2n) is 5.90. The van der Waals surface area contributed by atoms with Gasteiger partial charge in [-0.2, -0.15) is 17.5 Å². The third-order valence-corrected chi connectivity index (χ3v) is 7.41. The van der Waals surface area contributed by atoms with Crippen LogP contribution in [-0.4, -0.2) is 43.8 Å². The van der Waals surface area contributed by atoms with E-state index in [1.165, 1.54) is 9.18 Å². The summed E-state index contributed by atoms with van der Waals surface area (Å²) in [5.41, 5.74) is -1.03. The van der Waals surface area contributed by atoms with E-state index >= 15 is 0 Å². The van der Waals surface area contributed by atoms with Crippen LogP contribution in [0.25, 0.3) is 0 Å². The molecule has 0 bridgehead atoms. The maximum Gasteiger partial charge on any atom is 0.416 e. The van der Waals surface area contributed by atoms with Gasteiger partial charge >= 0.3 is 6.18 Å². The quantitative estimate of drug-likeness (QED) is 0.746. The highest BCUT2D eigenvalue weighted by Crippen LogP contribution is 2.34. The number of thiophene rings is 1.